The molecule has 0 saturated carbocycles. The molecule has 21 heavy (non-hydrogen) atoms. The fraction of sp³-hybridized carbons (Fsp3) is 0.375. The van der Waals surface area contributed by atoms with Gasteiger partial charge < -0.3 is 15.3 Å². The second-order valence-electron chi connectivity index (χ2n) is 4.79. The molecule has 1 aliphatic heterocycles. The first-order valence-corrected chi connectivity index (χ1v) is 6.90. The van der Waals surface area contributed by atoms with Gasteiger partial charge in [0, 0.05) is 19.5 Å². The minimum atomic E-state index is -1.01. The van der Waals surface area contributed by atoms with Gasteiger partial charge in [-0.05, 0) is 24.5 Å². The normalized spacial score (nSPS) is 16.4. The molecule has 1 heterocycles. The maximum atomic E-state index is 12.2. The number of urea groups is 1. The van der Waals surface area contributed by atoms with Crippen LogP contribution >= 0.6 is 0 Å². The number of carbonyl (C=O) groups excluding carboxylic acids is 1. The lowest BCUT2D eigenvalue weighted by Crippen LogP contribution is -2.48. The fourth-order valence-electron chi connectivity index (χ4n) is 2.51. The van der Waals surface area contributed by atoms with Crippen LogP contribution < -0.4 is 5.32 Å². The van der Waals surface area contributed by atoms with E-state index in [1.807, 2.05) is 12.1 Å². The zero-order valence-electron chi connectivity index (χ0n) is 11.9. The van der Waals surface area contributed by atoms with Crippen LogP contribution in [0, 0.1) is 11.8 Å². The van der Waals surface area contributed by atoms with E-state index in [1.165, 1.54) is 4.90 Å². The summed E-state index contributed by atoms with van der Waals surface area (Å²) in [5.74, 6) is 4.60. The molecule has 0 saturated heterocycles. The number of rotatable bonds is 3. The molecule has 5 nitrogen and oxygen atoms in total. The summed E-state index contributed by atoms with van der Waals surface area (Å²) in [6.45, 7) is 2.56. The number of benzene rings is 1. The third-order valence-corrected chi connectivity index (χ3v) is 3.48. The van der Waals surface area contributed by atoms with Gasteiger partial charge in [-0.1, -0.05) is 24.3 Å². The highest BCUT2D eigenvalue weighted by molar-refractivity contribution is 5.84. The van der Waals surface area contributed by atoms with E-state index >= 15 is 0 Å². The van der Waals surface area contributed by atoms with Crippen molar-refractivity contribution in [2.75, 3.05) is 13.1 Å². The number of carboxylic acids is 1. The van der Waals surface area contributed by atoms with Gasteiger partial charge in [-0.2, -0.15) is 0 Å². The van der Waals surface area contributed by atoms with Crippen LogP contribution in [0.25, 0.3) is 0 Å². The minimum Gasteiger partial charge on any atom is -0.479 e. The van der Waals surface area contributed by atoms with Crippen molar-refractivity contribution >= 4 is 12.0 Å². The molecule has 1 unspecified atom stereocenters. The van der Waals surface area contributed by atoms with Crippen LogP contribution in [-0.4, -0.2) is 35.1 Å². The molecule has 110 valence electrons. The second kappa shape index (κ2) is 6.80. The fourth-order valence-corrected chi connectivity index (χ4v) is 2.51. The van der Waals surface area contributed by atoms with E-state index in [0.29, 0.717) is 31.5 Å². The highest BCUT2D eigenvalue weighted by atomic mass is 16.4. The van der Waals surface area contributed by atoms with Crippen molar-refractivity contribution < 1.29 is 14.7 Å². The van der Waals surface area contributed by atoms with E-state index in [-0.39, 0.29) is 6.03 Å². The van der Waals surface area contributed by atoms with Crippen LogP contribution in [-0.2, 0) is 11.2 Å². The molecule has 0 fully saturated rings. The van der Waals surface area contributed by atoms with Gasteiger partial charge in [0.25, 0.3) is 0 Å². The molecule has 0 spiro atoms. The zero-order chi connectivity index (χ0) is 15.2. The van der Waals surface area contributed by atoms with Crippen LogP contribution in [0.3, 0.4) is 0 Å². The molecule has 5 heteroatoms. The van der Waals surface area contributed by atoms with E-state index in [0.717, 1.165) is 5.56 Å². The summed E-state index contributed by atoms with van der Waals surface area (Å²) in [6.07, 6.45) is 1.23. The Bertz CT molecular complexity index is 601. The molecule has 2 N–H and O–H groups in total. The number of nitrogens with one attached hydrogen (secondary N) is 1. The number of carboxylic acid groups (broad SMARTS) is 1. The Labute approximate surface area is 124 Å². The number of nitrogens with zero attached hydrogens (tertiary/aromatic N) is 1. The summed E-state index contributed by atoms with van der Waals surface area (Å²) in [5, 5.41) is 12.2. The summed E-state index contributed by atoms with van der Waals surface area (Å²) in [4.78, 5) is 25.1. The third kappa shape index (κ3) is 3.34. The van der Waals surface area contributed by atoms with Gasteiger partial charge in [0.05, 0.1) is 0 Å². The second-order valence-corrected chi connectivity index (χ2v) is 4.79. The summed E-state index contributed by atoms with van der Waals surface area (Å²) >= 11 is 0. The molecule has 1 atom stereocenters. The van der Waals surface area contributed by atoms with Gasteiger partial charge in [0.2, 0.25) is 0 Å². The molecular formula is C16H18N2O3. The van der Waals surface area contributed by atoms with E-state index < -0.39 is 12.0 Å². The molecule has 0 bridgehead atoms. The molecule has 1 aliphatic rings. The summed E-state index contributed by atoms with van der Waals surface area (Å²) in [7, 11) is 0. The van der Waals surface area contributed by atoms with E-state index in [2.05, 4.69) is 17.2 Å². The van der Waals surface area contributed by atoms with Crippen molar-refractivity contribution in [3.05, 3.63) is 35.4 Å². The highest BCUT2D eigenvalue weighted by Gasteiger charge is 2.35. The summed E-state index contributed by atoms with van der Waals surface area (Å²) in [6, 6.07) is 6.10. The number of hydrogen-bond donors (Lipinski definition) is 2. The van der Waals surface area contributed by atoms with Crippen molar-refractivity contribution in [3.8, 4) is 11.8 Å². The van der Waals surface area contributed by atoms with Crippen LogP contribution in [0.4, 0.5) is 4.79 Å². The average Bonchev–Trinajstić information content (AvgIpc) is 2.50. The van der Waals surface area contributed by atoms with Gasteiger partial charge >= 0.3 is 12.0 Å². The van der Waals surface area contributed by atoms with Crippen LogP contribution in [0.2, 0.25) is 0 Å². The maximum absolute atomic E-state index is 12.2. The average molecular weight is 286 g/mol. The van der Waals surface area contributed by atoms with Crippen molar-refractivity contribution in [1.29, 1.82) is 0 Å². The number of aliphatic carboxylic acids is 1. The Morgan fingerprint density at radius 1 is 1.43 bits per heavy atom. The SMILES string of the molecule is CC#CCCNC(=O)N1CCc2ccccc2C1C(=O)O. The van der Waals surface area contributed by atoms with Crippen LogP contribution in [0.5, 0.6) is 0 Å². The van der Waals surface area contributed by atoms with Gasteiger partial charge in [0.1, 0.15) is 0 Å². The van der Waals surface area contributed by atoms with Crippen molar-refractivity contribution in [1.82, 2.24) is 10.2 Å². The first-order chi connectivity index (χ1) is 10.1. The molecule has 0 aromatic heterocycles. The molecule has 2 amide bonds. The largest absolute Gasteiger partial charge is 0.479 e. The smallest absolute Gasteiger partial charge is 0.331 e. The lowest BCUT2D eigenvalue weighted by Gasteiger charge is -2.34. The summed E-state index contributed by atoms with van der Waals surface area (Å²) in [5.41, 5.74) is 1.69. The van der Waals surface area contributed by atoms with E-state index in [9.17, 15) is 14.7 Å². The molecule has 0 aliphatic carbocycles. The highest BCUT2D eigenvalue weighted by Crippen LogP contribution is 2.29. The first-order valence-electron chi connectivity index (χ1n) is 6.90. The minimum absolute atomic E-state index is 0.352. The Hall–Kier alpha value is -2.48. The quantitative estimate of drug-likeness (QED) is 0.657. The Kier molecular flexibility index (Phi) is 4.83. The number of hydrogen-bond acceptors (Lipinski definition) is 2. The molecular weight excluding hydrogens is 268 g/mol. The van der Waals surface area contributed by atoms with E-state index in [4.69, 9.17) is 0 Å². The first kappa shape index (κ1) is 14.9. The van der Waals surface area contributed by atoms with Gasteiger partial charge in [-0.15, -0.1) is 11.8 Å². The van der Waals surface area contributed by atoms with Crippen LogP contribution in [0.15, 0.2) is 24.3 Å². The summed E-state index contributed by atoms with van der Waals surface area (Å²) < 4.78 is 0. The molecule has 2 rings (SSSR count). The number of amides is 2. The predicted molar refractivity (Wildman–Crippen MR) is 78.7 cm³/mol. The molecule has 0 radical (unpaired) electrons. The van der Waals surface area contributed by atoms with Crippen LogP contribution in [0.1, 0.15) is 30.5 Å². The predicted octanol–water partition coefficient (Wildman–Crippen LogP) is 1.79. The van der Waals surface area contributed by atoms with Gasteiger partial charge in [0.15, 0.2) is 6.04 Å². The lowest BCUT2D eigenvalue weighted by atomic mass is 9.93. The van der Waals surface area contributed by atoms with Gasteiger partial charge in [-0.25, -0.2) is 9.59 Å². The lowest BCUT2D eigenvalue weighted by molar-refractivity contribution is -0.142. The van der Waals surface area contributed by atoms with Crippen molar-refractivity contribution in [2.45, 2.75) is 25.8 Å². The zero-order valence-corrected chi connectivity index (χ0v) is 11.9. The standard InChI is InChI=1S/C16H18N2O3/c1-2-3-6-10-17-16(21)18-11-9-12-7-4-5-8-13(12)14(18)15(19)20/h4-5,7-8,14H,6,9-11H2,1H3,(H,17,21)(H,19,20). The maximum Gasteiger partial charge on any atom is 0.331 e. The number of carbonyl (C=O) groups is 2. The molecule has 1 aromatic rings. The third-order valence-electron chi connectivity index (χ3n) is 3.48. The van der Waals surface area contributed by atoms with Crippen molar-refractivity contribution in [2.24, 2.45) is 0 Å². The van der Waals surface area contributed by atoms with E-state index in [1.54, 1.807) is 19.1 Å². The van der Waals surface area contributed by atoms with Gasteiger partial charge in [-0.3, -0.25) is 0 Å². The monoisotopic (exact) mass is 286 g/mol. The Morgan fingerprint density at radius 3 is 2.90 bits per heavy atom. The topological polar surface area (TPSA) is 69.6 Å². The Morgan fingerprint density at radius 2 is 2.19 bits per heavy atom. The Balaban J connectivity index is 2.14. The molecule has 1 aromatic carbocycles. The number of fused-ring (bicyclic) bond motifs is 1. The van der Waals surface area contributed by atoms with Crippen molar-refractivity contribution in [3.63, 3.8) is 0 Å².